The largest absolute Gasteiger partial charge is 0.468 e. The Balaban J connectivity index is 1.94. The average Bonchev–Trinajstić information content (AvgIpc) is 3.27. The van der Waals surface area contributed by atoms with E-state index in [1.807, 2.05) is 24.5 Å². The Labute approximate surface area is 133 Å². The van der Waals surface area contributed by atoms with E-state index < -0.39 is 5.92 Å². The third-order valence-corrected chi connectivity index (χ3v) is 4.22. The van der Waals surface area contributed by atoms with Crippen LogP contribution in [0.3, 0.4) is 0 Å². The molecule has 0 spiro atoms. The third-order valence-electron chi connectivity index (χ3n) is 4.22. The number of furan rings is 1. The van der Waals surface area contributed by atoms with Crippen molar-refractivity contribution in [2.24, 2.45) is 0 Å². The Kier molecular flexibility index (Phi) is 3.16. The van der Waals surface area contributed by atoms with Gasteiger partial charge in [-0.15, -0.1) is 0 Å². The third kappa shape index (κ3) is 2.11. The van der Waals surface area contributed by atoms with Crippen LogP contribution in [0.25, 0.3) is 5.88 Å². The summed E-state index contributed by atoms with van der Waals surface area (Å²) in [5, 5.41) is 9.73. The van der Waals surface area contributed by atoms with Crippen LogP contribution in [-0.2, 0) is 9.53 Å². The molecule has 4 rings (SSSR count). The topological polar surface area (TPSA) is 68.2 Å². The molecule has 5 heteroatoms. The average molecular weight is 306 g/mol. The lowest BCUT2D eigenvalue weighted by Crippen LogP contribution is -2.25. The Morgan fingerprint density at radius 1 is 1.22 bits per heavy atom. The van der Waals surface area contributed by atoms with Crippen LogP contribution in [0.4, 0.5) is 0 Å². The molecule has 2 aromatic heterocycles. The number of ketones is 1. The maximum atomic E-state index is 12.5. The highest BCUT2D eigenvalue weighted by atomic mass is 16.5. The van der Waals surface area contributed by atoms with Gasteiger partial charge in [0.15, 0.2) is 5.78 Å². The fourth-order valence-corrected chi connectivity index (χ4v) is 3.22. The normalized spacial score (nSPS) is 21.0. The van der Waals surface area contributed by atoms with Crippen LogP contribution in [0.2, 0.25) is 0 Å². The Bertz CT molecular complexity index is 849. The second-order valence-corrected chi connectivity index (χ2v) is 5.59. The van der Waals surface area contributed by atoms with Crippen molar-refractivity contribution in [2.75, 3.05) is 0 Å². The predicted octanol–water partition coefficient (Wildman–Crippen LogP) is 3.59. The predicted molar refractivity (Wildman–Crippen MR) is 81.7 cm³/mol. The van der Waals surface area contributed by atoms with E-state index in [0.717, 1.165) is 6.42 Å². The van der Waals surface area contributed by atoms with Gasteiger partial charge >= 0.3 is 0 Å². The van der Waals surface area contributed by atoms with Gasteiger partial charge in [-0.05, 0) is 30.7 Å². The molecule has 1 aliphatic carbocycles. The number of nitrogens with zero attached hydrogens (tertiary/aromatic N) is 2. The highest BCUT2D eigenvalue weighted by Crippen LogP contribution is 2.45. The summed E-state index contributed by atoms with van der Waals surface area (Å²) < 4.78 is 13.3. The van der Waals surface area contributed by atoms with E-state index in [4.69, 9.17) is 9.15 Å². The Morgan fingerprint density at radius 2 is 2.04 bits per heavy atom. The molecule has 5 nitrogen and oxygen atoms in total. The molecular formula is C18H14N2O3. The van der Waals surface area contributed by atoms with Gasteiger partial charge in [-0.1, -0.05) is 0 Å². The number of nitriles is 1. The van der Waals surface area contributed by atoms with Crippen molar-refractivity contribution in [3.63, 3.8) is 0 Å². The molecule has 0 radical (unpaired) electrons. The van der Waals surface area contributed by atoms with Gasteiger partial charge in [0, 0.05) is 30.8 Å². The molecule has 1 aliphatic heterocycles. The number of Topliss-reactive ketones (excluding diaryl/α,β-unsaturated/α-hetero) is 1. The molecule has 114 valence electrons. The molecule has 1 unspecified atom stereocenters. The van der Waals surface area contributed by atoms with Crippen LogP contribution in [0.5, 0.6) is 0 Å². The molecule has 0 aromatic carbocycles. The lowest BCUT2D eigenvalue weighted by molar-refractivity contribution is -0.116. The molecule has 2 aliphatic rings. The van der Waals surface area contributed by atoms with Gasteiger partial charge < -0.3 is 9.15 Å². The molecule has 0 saturated carbocycles. The number of hydrogen-bond donors (Lipinski definition) is 0. The first-order valence-corrected chi connectivity index (χ1v) is 7.54. The molecule has 0 fully saturated rings. The molecule has 23 heavy (non-hydrogen) atoms. The zero-order chi connectivity index (χ0) is 15.8. The molecular weight excluding hydrogens is 292 g/mol. The van der Waals surface area contributed by atoms with Crippen LogP contribution >= 0.6 is 0 Å². The van der Waals surface area contributed by atoms with Gasteiger partial charge in [-0.3, -0.25) is 9.36 Å². The van der Waals surface area contributed by atoms with E-state index in [0.29, 0.717) is 41.4 Å². The fraction of sp³-hybridized carbons (Fsp3) is 0.222. The van der Waals surface area contributed by atoms with Gasteiger partial charge in [0.1, 0.15) is 23.2 Å². The first-order chi connectivity index (χ1) is 11.3. The maximum Gasteiger partial charge on any atom is 0.218 e. The van der Waals surface area contributed by atoms with Gasteiger partial charge in [0.2, 0.25) is 5.88 Å². The molecule has 2 aromatic rings. The number of carbonyl (C=O) groups is 1. The summed E-state index contributed by atoms with van der Waals surface area (Å²) in [6.07, 6.45) is 7.15. The van der Waals surface area contributed by atoms with Gasteiger partial charge in [-0.2, -0.15) is 5.26 Å². The smallest absolute Gasteiger partial charge is 0.218 e. The summed E-state index contributed by atoms with van der Waals surface area (Å²) in [6.45, 7) is 0. The van der Waals surface area contributed by atoms with Crippen LogP contribution < -0.4 is 0 Å². The van der Waals surface area contributed by atoms with Gasteiger partial charge in [0.25, 0.3) is 0 Å². The zero-order valence-electron chi connectivity index (χ0n) is 12.4. The quantitative estimate of drug-likeness (QED) is 0.850. The van der Waals surface area contributed by atoms with Crippen molar-refractivity contribution in [3.8, 4) is 6.07 Å². The van der Waals surface area contributed by atoms with Crippen molar-refractivity contribution in [2.45, 2.75) is 25.2 Å². The number of allylic oxidation sites excluding steroid dienone is 3. The summed E-state index contributed by atoms with van der Waals surface area (Å²) in [6, 6.07) is 9.52. The Morgan fingerprint density at radius 3 is 2.74 bits per heavy atom. The van der Waals surface area contributed by atoms with E-state index in [9.17, 15) is 10.1 Å². The zero-order valence-corrected chi connectivity index (χ0v) is 12.4. The summed E-state index contributed by atoms with van der Waals surface area (Å²) >= 11 is 0. The molecule has 0 saturated heterocycles. The summed E-state index contributed by atoms with van der Waals surface area (Å²) in [7, 11) is 0. The first kappa shape index (κ1) is 13.6. The summed E-state index contributed by atoms with van der Waals surface area (Å²) in [5.41, 5.74) is 0.962. The van der Waals surface area contributed by atoms with E-state index in [1.165, 1.54) is 0 Å². The first-order valence-electron chi connectivity index (χ1n) is 7.54. The van der Waals surface area contributed by atoms with Crippen molar-refractivity contribution in [3.05, 3.63) is 65.6 Å². The summed E-state index contributed by atoms with van der Waals surface area (Å²) in [5.74, 6) is 1.24. The minimum Gasteiger partial charge on any atom is -0.468 e. The Hall–Kier alpha value is -3.00. The standard InChI is InChI=1S/C18H14N2O3/c19-11-12-16(14-7-4-10-22-14)17-13(21)5-3-6-15(17)23-18(12)20-8-1-2-9-20/h1-2,4,7-10,16H,3,5-6H2. The summed E-state index contributed by atoms with van der Waals surface area (Å²) in [4.78, 5) is 12.5. The lowest BCUT2D eigenvalue weighted by Gasteiger charge is -2.31. The van der Waals surface area contributed by atoms with Crippen molar-refractivity contribution >= 4 is 11.7 Å². The number of carbonyl (C=O) groups excluding carboxylic acids is 1. The molecule has 0 bridgehead atoms. The van der Waals surface area contributed by atoms with Gasteiger partial charge in [-0.25, -0.2) is 0 Å². The van der Waals surface area contributed by atoms with E-state index >= 15 is 0 Å². The van der Waals surface area contributed by atoms with E-state index in [2.05, 4.69) is 6.07 Å². The van der Waals surface area contributed by atoms with Crippen molar-refractivity contribution < 1.29 is 13.9 Å². The number of ether oxygens (including phenoxy) is 1. The minimum atomic E-state index is -0.496. The molecule has 3 heterocycles. The SMILES string of the molecule is N#CC1=C(n2cccc2)OC2=C(C(=O)CCC2)C1c1ccco1. The second kappa shape index (κ2) is 5.33. The highest BCUT2D eigenvalue weighted by molar-refractivity contribution is 5.99. The number of hydrogen-bond acceptors (Lipinski definition) is 4. The number of aromatic nitrogens is 1. The second-order valence-electron chi connectivity index (χ2n) is 5.59. The minimum absolute atomic E-state index is 0.0342. The van der Waals surface area contributed by atoms with Gasteiger partial charge in [0.05, 0.1) is 12.2 Å². The molecule has 0 N–H and O–H groups in total. The lowest BCUT2D eigenvalue weighted by atomic mass is 9.80. The van der Waals surface area contributed by atoms with Crippen LogP contribution in [0.1, 0.15) is 30.9 Å². The molecule has 0 amide bonds. The molecule has 1 atom stereocenters. The highest BCUT2D eigenvalue weighted by Gasteiger charge is 2.40. The van der Waals surface area contributed by atoms with Crippen LogP contribution in [0.15, 0.2) is 64.2 Å². The monoisotopic (exact) mass is 306 g/mol. The number of rotatable bonds is 2. The van der Waals surface area contributed by atoms with Crippen molar-refractivity contribution in [1.82, 2.24) is 4.57 Å². The van der Waals surface area contributed by atoms with E-state index in [-0.39, 0.29) is 5.78 Å². The van der Waals surface area contributed by atoms with Crippen LogP contribution in [0, 0.1) is 11.3 Å². The fourth-order valence-electron chi connectivity index (χ4n) is 3.22. The maximum absolute atomic E-state index is 12.5. The van der Waals surface area contributed by atoms with Crippen LogP contribution in [-0.4, -0.2) is 10.4 Å². The van der Waals surface area contributed by atoms with Crippen molar-refractivity contribution in [1.29, 1.82) is 5.26 Å². The van der Waals surface area contributed by atoms with E-state index in [1.54, 1.807) is 23.0 Å².